The average Bonchev–Trinajstić information content (AvgIpc) is 4.36. The van der Waals surface area contributed by atoms with Crippen LogP contribution in [0, 0.1) is 0 Å². The van der Waals surface area contributed by atoms with Gasteiger partial charge in [0.1, 0.15) is 0 Å². The van der Waals surface area contributed by atoms with Crippen LogP contribution in [0.2, 0.25) is 0 Å². The van der Waals surface area contributed by atoms with E-state index in [1.54, 1.807) is 0 Å². The summed E-state index contributed by atoms with van der Waals surface area (Å²) in [4.78, 5) is 5.31. The maximum Gasteiger partial charge on any atom is 0.333 e. The van der Waals surface area contributed by atoms with E-state index in [1.165, 1.54) is 151 Å². The Morgan fingerprint density at radius 1 is 0.311 bits per heavy atom. The number of fused-ring (bicyclic) bond motifs is 22. The van der Waals surface area contributed by atoms with Gasteiger partial charge < -0.3 is 18.8 Å². The summed E-state index contributed by atoms with van der Waals surface area (Å²) in [6, 6.07) is 83.2. The second-order valence-corrected chi connectivity index (χ2v) is 22.7. The maximum absolute atomic E-state index is 2.73. The highest BCUT2D eigenvalue weighted by molar-refractivity contribution is 7.27. The summed E-state index contributed by atoms with van der Waals surface area (Å²) in [7, 11) is 0. The molecule has 11 aromatic carbocycles. The zero-order valence-electron chi connectivity index (χ0n) is 39.5. The molecule has 4 nitrogen and oxygen atoms in total. The van der Waals surface area contributed by atoms with Gasteiger partial charge in [-0.1, -0.05) is 152 Å². The number of benzene rings is 11. The third kappa shape index (κ3) is 4.57. The third-order valence-electron chi connectivity index (χ3n) is 17.2. The van der Waals surface area contributed by atoms with E-state index in [1.807, 2.05) is 22.7 Å². The van der Waals surface area contributed by atoms with Crippen LogP contribution in [-0.2, 0) is 0 Å². The van der Waals surface area contributed by atoms with Crippen LogP contribution in [0.3, 0.4) is 0 Å². The van der Waals surface area contributed by atoms with Crippen LogP contribution < -0.4 is 31.7 Å². The van der Waals surface area contributed by atoms with Crippen molar-refractivity contribution in [2.75, 3.05) is 9.80 Å². The predicted octanol–water partition coefficient (Wildman–Crippen LogP) is 15.5. The lowest BCUT2D eigenvalue weighted by molar-refractivity contribution is 1.24. The highest BCUT2D eigenvalue weighted by Gasteiger charge is 2.49. The van der Waals surface area contributed by atoms with Crippen LogP contribution in [0.5, 0.6) is 0 Å². The van der Waals surface area contributed by atoms with Gasteiger partial charge in [0.2, 0.25) is 0 Å². The average molecular weight is 971 g/mol. The normalized spacial score (nSPS) is 13.8. The summed E-state index contributed by atoms with van der Waals surface area (Å²) in [6.07, 6.45) is 0. The monoisotopic (exact) mass is 970 g/mol. The minimum absolute atomic E-state index is 0.124. The number of hydrogen-bond acceptors (Lipinski definition) is 4. The Hall–Kier alpha value is -8.81. The van der Waals surface area contributed by atoms with Crippen LogP contribution in [0.1, 0.15) is 0 Å². The second-order valence-electron chi connectivity index (χ2n) is 20.6. The van der Waals surface area contributed by atoms with Crippen molar-refractivity contribution in [3.05, 3.63) is 218 Å². The van der Waals surface area contributed by atoms with Crippen molar-refractivity contribution in [2.24, 2.45) is 0 Å². The molecule has 0 saturated heterocycles. The Morgan fingerprint density at radius 3 is 1.19 bits per heavy atom. The van der Waals surface area contributed by atoms with Gasteiger partial charge in [-0.2, -0.15) is 0 Å². The molecule has 0 bridgehead atoms. The number of nitrogens with zero attached hydrogens (tertiary/aromatic N) is 4. The lowest BCUT2D eigenvalue weighted by atomic mass is 9.41. The first kappa shape index (κ1) is 38.8. The summed E-state index contributed by atoms with van der Waals surface area (Å²) >= 11 is 3.87. The molecule has 15 aromatic rings. The zero-order chi connectivity index (χ0) is 47.7. The highest BCUT2D eigenvalue weighted by Crippen LogP contribution is 2.55. The fourth-order valence-electron chi connectivity index (χ4n) is 14.4. The maximum atomic E-state index is 2.73. The molecule has 0 radical (unpaired) electrons. The Bertz CT molecular complexity index is 4750. The van der Waals surface area contributed by atoms with Gasteiger partial charge in [0, 0.05) is 108 Å². The van der Waals surface area contributed by atoms with Gasteiger partial charge in [0.15, 0.2) is 0 Å². The Labute approximate surface area is 433 Å². The molecule has 0 saturated carbocycles. The van der Waals surface area contributed by atoms with Crippen molar-refractivity contribution in [3.63, 3.8) is 0 Å². The fraction of sp³-hybridized carbons (Fsp3) is 0. The van der Waals surface area contributed by atoms with E-state index in [4.69, 9.17) is 0 Å². The quantitative estimate of drug-likeness (QED) is 0.161. The van der Waals surface area contributed by atoms with Crippen molar-refractivity contribution in [2.45, 2.75) is 0 Å². The van der Waals surface area contributed by atoms with Gasteiger partial charge in [-0.15, -0.1) is 22.7 Å². The molecule has 74 heavy (non-hydrogen) atoms. The van der Waals surface area contributed by atoms with Gasteiger partial charge >= 0.3 is 13.7 Å². The molecule has 8 heteroatoms. The predicted molar refractivity (Wildman–Crippen MR) is 319 cm³/mol. The zero-order valence-corrected chi connectivity index (χ0v) is 41.2. The van der Waals surface area contributed by atoms with Gasteiger partial charge in [-0.3, -0.25) is 0 Å². The van der Waals surface area contributed by atoms with Crippen molar-refractivity contribution in [3.8, 4) is 22.3 Å². The summed E-state index contributed by atoms with van der Waals surface area (Å²) in [5.74, 6) is 0. The van der Waals surface area contributed by atoms with E-state index < -0.39 is 0 Å². The van der Waals surface area contributed by atoms with E-state index in [2.05, 4.69) is 237 Å². The molecule has 0 spiro atoms. The molecule has 4 aromatic heterocycles. The van der Waals surface area contributed by atoms with E-state index >= 15 is 0 Å². The summed E-state index contributed by atoms with van der Waals surface area (Å²) in [5, 5.41) is 10.4. The topological polar surface area (TPSA) is 16.3 Å². The van der Waals surface area contributed by atoms with E-state index in [0.29, 0.717) is 0 Å². The minimum Gasteiger partial charge on any atom is -0.375 e. The number of para-hydroxylation sites is 6. The molecular weight excluding hydrogens is 935 g/mol. The summed E-state index contributed by atoms with van der Waals surface area (Å²) < 4.78 is 10.7. The van der Waals surface area contributed by atoms with Crippen molar-refractivity contribution < 1.29 is 0 Å². The first-order valence-electron chi connectivity index (χ1n) is 25.7. The number of rotatable bonds is 2. The SMILES string of the molecule is c1ccc(N2c3cc4c(cc3B3c5c(cc6c(sc7ccccc76)c52)-c2cccc5c6ccccc6n3c25)B2c3c(cc5c(sc6ccccc65)c3N4c3ccccc3)-c3cccc4c5ccccc5n2c34)cc1. The summed E-state index contributed by atoms with van der Waals surface area (Å²) in [5.41, 5.74) is 23.0. The summed E-state index contributed by atoms with van der Waals surface area (Å²) in [6.45, 7) is -0.249. The minimum atomic E-state index is -0.124. The van der Waals surface area contributed by atoms with Crippen LogP contribution in [0.15, 0.2) is 218 Å². The molecule has 0 amide bonds. The Balaban J connectivity index is 1.04. The first-order chi connectivity index (χ1) is 36.8. The van der Waals surface area contributed by atoms with Crippen molar-refractivity contribution in [1.29, 1.82) is 0 Å². The largest absolute Gasteiger partial charge is 0.375 e. The van der Waals surface area contributed by atoms with Gasteiger partial charge in [0.25, 0.3) is 0 Å². The molecule has 0 aliphatic carbocycles. The molecule has 4 aliphatic rings. The van der Waals surface area contributed by atoms with E-state index in [0.717, 1.165) is 11.4 Å². The van der Waals surface area contributed by atoms with E-state index in [9.17, 15) is 0 Å². The molecular formula is C66H36B2N4S2. The molecule has 19 rings (SSSR count). The van der Waals surface area contributed by atoms with Crippen LogP contribution in [0.4, 0.5) is 34.1 Å². The first-order valence-corrected chi connectivity index (χ1v) is 27.3. The van der Waals surface area contributed by atoms with Gasteiger partial charge in [0.05, 0.1) is 20.8 Å². The molecule has 338 valence electrons. The molecule has 0 fully saturated rings. The second kappa shape index (κ2) is 13.6. The number of aromatic nitrogens is 2. The molecule has 0 atom stereocenters. The van der Waals surface area contributed by atoms with Crippen LogP contribution in [0.25, 0.3) is 106 Å². The van der Waals surface area contributed by atoms with Gasteiger partial charge in [-0.05, 0) is 99.7 Å². The smallest absolute Gasteiger partial charge is 0.333 e. The lowest BCUT2D eigenvalue weighted by Gasteiger charge is -2.44. The molecule has 8 heterocycles. The third-order valence-corrected chi connectivity index (χ3v) is 19.6. The van der Waals surface area contributed by atoms with Crippen LogP contribution in [-0.4, -0.2) is 22.7 Å². The Morgan fingerprint density at radius 2 is 0.716 bits per heavy atom. The van der Waals surface area contributed by atoms with Crippen LogP contribution >= 0.6 is 22.7 Å². The highest BCUT2D eigenvalue weighted by atomic mass is 32.1. The molecule has 4 aliphatic heterocycles. The fourth-order valence-corrected chi connectivity index (χ4v) is 16.9. The number of thiophene rings is 2. The number of hydrogen-bond donors (Lipinski definition) is 0. The number of anilines is 6. The van der Waals surface area contributed by atoms with Crippen molar-refractivity contribution >= 4 is 176 Å². The Kier molecular flexibility index (Phi) is 7.14. The standard InChI is InChI=1S/C66H36B2N4S2/c1-3-17-37(18-4-1)69-55-36-56-52(35-51(55)67-59-47(33-49-41-23-9-13-31-57(41)73-65(49)63(59)69)45-27-15-25-43-39-21-7-11-29-53(39)71(67)61(43)45)68-60-48(46-28-16-26-44-40-22-8-12-30-54(40)72(68)62(44)46)34-50-42-24-10-14-32-58(42)74-66(50)64(60)70(56)38-19-5-2-6-20-38/h1-36H. The van der Waals surface area contributed by atoms with Crippen molar-refractivity contribution in [1.82, 2.24) is 8.96 Å². The van der Waals surface area contributed by atoms with E-state index in [-0.39, 0.29) is 13.7 Å². The lowest BCUT2D eigenvalue weighted by Crippen LogP contribution is -2.61. The van der Waals surface area contributed by atoms with Gasteiger partial charge in [-0.25, -0.2) is 0 Å². The molecule has 0 unspecified atom stereocenters. The molecule has 0 N–H and O–H groups in total.